The van der Waals surface area contributed by atoms with Crippen LogP contribution in [0.4, 0.5) is 11.6 Å². The van der Waals surface area contributed by atoms with Crippen LogP contribution in [0.5, 0.6) is 5.88 Å². The van der Waals surface area contributed by atoms with Gasteiger partial charge in [-0.05, 0) is 11.4 Å². The topological polar surface area (TPSA) is 116 Å². The van der Waals surface area contributed by atoms with Crippen molar-refractivity contribution in [2.45, 2.75) is 6.61 Å². The number of nitrogens with one attached hydrogen (secondary N) is 1. The highest BCUT2D eigenvalue weighted by atomic mass is 32.1. The first kappa shape index (κ1) is 12.2. The van der Waals surface area contributed by atoms with Crippen molar-refractivity contribution in [1.82, 2.24) is 9.97 Å². The number of ether oxygens (including phenoxy) is 1. The number of nitro groups is 1. The lowest BCUT2D eigenvalue weighted by atomic mass is 10.5. The molecule has 2 aromatic heterocycles. The number of rotatable bonds is 5. The van der Waals surface area contributed by atoms with Gasteiger partial charge in [-0.25, -0.2) is 10.8 Å². The third kappa shape index (κ3) is 2.70. The predicted molar refractivity (Wildman–Crippen MR) is 65.1 cm³/mol. The molecule has 0 atom stereocenters. The third-order valence-electron chi connectivity index (χ3n) is 1.99. The van der Waals surface area contributed by atoms with E-state index in [4.69, 9.17) is 10.6 Å². The lowest BCUT2D eigenvalue weighted by Gasteiger charge is -2.05. The summed E-state index contributed by atoms with van der Waals surface area (Å²) in [5, 5.41) is 12.7. The molecule has 0 unspecified atom stereocenters. The first-order valence-electron chi connectivity index (χ1n) is 4.84. The van der Waals surface area contributed by atoms with Crippen molar-refractivity contribution in [2.75, 3.05) is 5.43 Å². The predicted octanol–water partition coefficient (Wildman–Crippen LogP) is 1.31. The standard InChI is InChI=1S/C9H9N5O3S/c10-13-9-11-4-7(14(15)16)8(12-9)17-5-6-2-1-3-18-6/h1-4H,5,10H2,(H,11,12,13). The number of hydrogen-bond acceptors (Lipinski definition) is 8. The molecule has 0 aliphatic rings. The van der Waals surface area contributed by atoms with Gasteiger partial charge < -0.3 is 4.74 Å². The highest BCUT2D eigenvalue weighted by Gasteiger charge is 2.18. The Kier molecular flexibility index (Phi) is 3.65. The van der Waals surface area contributed by atoms with Crippen molar-refractivity contribution in [3.05, 3.63) is 38.7 Å². The van der Waals surface area contributed by atoms with E-state index >= 15 is 0 Å². The molecule has 0 aliphatic carbocycles. The first-order valence-corrected chi connectivity index (χ1v) is 5.72. The van der Waals surface area contributed by atoms with Gasteiger partial charge in [-0.2, -0.15) is 4.98 Å². The van der Waals surface area contributed by atoms with Crippen LogP contribution >= 0.6 is 11.3 Å². The van der Waals surface area contributed by atoms with E-state index in [2.05, 4.69) is 15.4 Å². The number of thiophene rings is 1. The molecule has 2 aromatic rings. The van der Waals surface area contributed by atoms with Crippen molar-refractivity contribution >= 4 is 23.0 Å². The van der Waals surface area contributed by atoms with Crippen LogP contribution in [0.3, 0.4) is 0 Å². The molecule has 0 spiro atoms. The van der Waals surface area contributed by atoms with Gasteiger partial charge in [-0.1, -0.05) is 6.07 Å². The quantitative estimate of drug-likeness (QED) is 0.476. The molecule has 2 heterocycles. The molecule has 0 fully saturated rings. The van der Waals surface area contributed by atoms with Crippen molar-refractivity contribution in [3.63, 3.8) is 0 Å². The van der Waals surface area contributed by atoms with E-state index in [1.807, 2.05) is 17.5 Å². The van der Waals surface area contributed by atoms with E-state index in [-0.39, 0.29) is 24.1 Å². The highest BCUT2D eigenvalue weighted by Crippen LogP contribution is 2.25. The monoisotopic (exact) mass is 267 g/mol. The lowest BCUT2D eigenvalue weighted by molar-refractivity contribution is -0.386. The molecule has 9 heteroatoms. The van der Waals surface area contributed by atoms with Crippen molar-refractivity contribution < 1.29 is 9.66 Å². The van der Waals surface area contributed by atoms with E-state index in [9.17, 15) is 10.1 Å². The van der Waals surface area contributed by atoms with Gasteiger partial charge in [-0.3, -0.25) is 15.5 Å². The van der Waals surface area contributed by atoms with Crippen molar-refractivity contribution in [3.8, 4) is 5.88 Å². The van der Waals surface area contributed by atoms with E-state index in [0.29, 0.717) is 0 Å². The van der Waals surface area contributed by atoms with Crippen LogP contribution in [-0.2, 0) is 6.61 Å². The molecule has 0 saturated heterocycles. The fourth-order valence-corrected chi connectivity index (χ4v) is 1.81. The zero-order valence-electron chi connectivity index (χ0n) is 9.07. The summed E-state index contributed by atoms with van der Waals surface area (Å²) < 4.78 is 5.31. The fraction of sp³-hybridized carbons (Fsp3) is 0.111. The second-order valence-electron chi connectivity index (χ2n) is 3.15. The molecule has 8 nitrogen and oxygen atoms in total. The van der Waals surface area contributed by atoms with Crippen molar-refractivity contribution in [1.29, 1.82) is 0 Å². The summed E-state index contributed by atoms with van der Waals surface area (Å²) in [6, 6.07) is 3.73. The fourth-order valence-electron chi connectivity index (χ4n) is 1.20. The van der Waals surface area contributed by atoms with Crippen molar-refractivity contribution in [2.24, 2.45) is 5.84 Å². The van der Waals surface area contributed by atoms with Gasteiger partial charge in [0.05, 0.1) is 4.92 Å². The molecule has 18 heavy (non-hydrogen) atoms. The zero-order chi connectivity index (χ0) is 13.0. The number of hydrogen-bond donors (Lipinski definition) is 2. The molecular formula is C9H9N5O3S. The molecule has 0 bridgehead atoms. The van der Waals surface area contributed by atoms with Crippen LogP contribution in [0.15, 0.2) is 23.7 Å². The Balaban J connectivity index is 2.20. The smallest absolute Gasteiger partial charge is 0.349 e. The Labute approximate surface area is 106 Å². The van der Waals surface area contributed by atoms with Crippen LogP contribution in [0.2, 0.25) is 0 Å². The van der Waals surface area contributed by atoms with E-state index in [0.717, 1.165) is 11.1 Å². The molecule has 3 N–H and O–H groups in total. The first-order chi connectivity index (χ1) is 8.70. The molecule has 0 amide bonds. The Morgan fingerprint density at radius 3 is 3.06 bits per heavy atom. The van der Waals surface area contributed by atoms with Gasteiger partial charge >= 0.3 is 5.69 Å². The Bertz CT molecular complexity index is 545. The van der Waals surface area contributed by atoms with E-state index in [1.54, 1.807) is 0 Å². The summed E-state index contributed by atoms with van der Waals surface area (Å²) in [6.07, 6.45) is 1.05. The Morgan fingerprint density at radius 2 is 2.44 bits per heavy atom. The maximum Gasteiger partial charge on any atom is 0.349 e. The van der Waals surface area contributed by atoms with Gasteiger partial charge in [-0.15, -0.1) is 11.3 Å². The van der Waals surface area contributed by atoms with Gasteiger partial charge in [0.1, 0.15) is 12.8 Å². The zero-order valence-corrected chi connectivity index (χ0v) is 9.88. The largest absolute Gasteiger partial charge is 0.467 e. The minimum atomic E-state index is -0.607. The number of nitrogens with zero attached hydrogens (tertiary/aromatic N) is 3. The summed E-state index contributed by atoms with van der Waals surface area (Å²) in [4.78, 5) is 18.6. The number of nitrogens with two attached hydrogens (primary N) is 1. The van der Waals surface area contributed by atoms with Gasteiger partial charge in [0.25, 0.3) is 5.88 Å². The molecule has 94 valence electrons. The van der Waals surface area contributed by atoms with Gasteiger partial charge in [0.2, 0.25) is 5.95 Å². The average Bonchev–Trinajstić information content (AvgIpc) is 2.88. The second kappa shape index (κ2) is 5.38. The summed E-state index contributed by atoms with van der Waals surface area (Å²) in [5.74, 6) is 5.08. The van der Waals surface area contributed by atoms with E-state index in [1.165, 1.54) is 11.3 Å². The molecule has 0 aromatic carbocycles. The molecular weight excluding hydrogens is 258 g/mol. The number of anilines is 1. The summed E-state index contributed by atoms with van der Waals surface area (Å²) in [7, 11) is 0. The van der Waals surface area contributed by atoms with Crippen LogP contribution in [0.1, 0.15) is 4.88 Å². The maximum absolute atomic E-state index is 10.8. The number of hydrazine groups is 1. The number of aromatic nitrogens is 2. The normalized spacial score (nSPS) is 10.1. The molecule has 0 saturated carbocycles. The Hall–Kier alpha value is -2.26. The van der Waals surface area contributed by atoms with Crippen LogP contribution in [-0.4, -0.2) is 14.9 Å². The average molecular weight is 267 g/mol. The summed E-state index contributed by atoms with van der Waals surface area (Å²) in [5.41, 5.74) is 1.90. The number of nitrogen functional groups attached to an aromatic ring is 1. The van der Waals surface area contributed by atoms with Gasteiger partial charge in [0, 0.05) is 4.88 Å². The minimum Gasteiger partial charge on any atom is -0.467 e. The van der Waals surface area contributed by atoms with Crippen LogP contribution in [0, 0.1) is 10.1 Å². The van der Waals surface area contributed by atoms with Crippen LogP contribution < -0.4 is 16.0 Å². The molecule has 0 aliphatic heterocycles. The van der Waals surface area contributed by atoms with Gasteiger partial charge in [0.15, 0.2) is 0 Å². The minimum absolute atomic E-state index is 0.0572. The van der Waals surface area contributed by atoms with E-state index < -0.39 is 4.92 Å². The maximum atomic E-state index is 10.8. The highest BCUT2D eigenvalue weighted by molar-refractivity contribution is 7.09. The molecule has 2 rings (SSSR count). The second-order valence-corrected chi connectivity index (χ2v) is 4.19. The molecule has 0 radical (unpaired) electrons. The summed E-state index contributed by atoms with van der Waals surface area (Å²) >= 11 is 1.49. The lowest BCUT2D eigenvalue weighted by Crippen LogP contribution is -2.12. The Morgan fingerprint density at radius 1 is 1.61 bits per heavy atom. The SMILES string of the molecule is NNc1ncc([N+](=O)[O-])c(OCc2cccs2)n1. The summed E-state index contributed by atoms with van der Waals surface area (Å²) in [6.45, 7) is 0.208. The third-order valence-corrected chi connectivity index (χ3v) is 2.84. The van der Waals surface area contributed by atoms with Crippen LogP contribution in [0.25, 0.3) is 0 Å².